The third-order valence-electron chi connectivity index (χ3n) is 7.67. The van der Waals surface area contributed by atoms with E-state index in [0.29, 0.717) is 39.4 Å². The lowest BCUT2D eigenvalue weighted by Gasteiger charge is -2.24. The summed E-state index contributed by atoms with van der Waals surface area (Å²) >= 11 is 0. The highest BCUT2D eigenvalue weighted by atomic mass is 19.4. The minimum Gasteiger partial charge on any atom is -0.480 e. The molecule has 5 aromatic rings. The fraction of sp³-hybridized carbons (Fsp3) is 0.394. The number of H-pyrrole nitrogens is 1. The number of fused-ring (bicyclic) bond motifs is 1. The van der Waals surface area contributed by atoms with Gasteiger partial charge in [0, 0.05) is 43.5 Å². The number of alkyl halides is 3. The summed E-state index contributed by atoms with van der Waals surface area (Å²) in [5, 5.41) is 0.572. The summed E-state index contributed by atoms with van der Waals surface area (Å²) in [5.41, 5.74) is 2.17. The van der Waals surface area contributed by atoms with Gasteiger partial charge < -0.3 is 28.7 Å². The normalized spacial score (nSPS) is 13.5. The van der Waals surface area contributed by atoms with Crippen molar-refractivity contribution in [3.8, 4) is 34.5 Å². The number of aromatic amines is 1. The molecule has 1 saturated carbocycles. The minimum absolute atomic E-state index is 0.0740. The number of amides is 1. The molecule has 0 spiro atoms. The Balaban J connectivity index is 1.35. The van der Waals surface area contributed by atoms with Crippen LogP contribution in [0.2, 0.25) is 0 Å². The van der Waals surface area contributed by atoms with Gasteiger partial charge in [-0.3, -0.25) is 0 Å². The van der Waals surface area contributed by atoms with Crippen molar-refractivity contribution in [3.63, 3.8) is 0 Å². The highest BCUT2D eigenvalue weighted by Gasteiger charge is 2.35. The number of aromatic nitrogens is 7. The molecule has 4 aromatic heterocycles. The van der Waals surface area contributed by atoms with Crippen molar-refractivity contribution >= 4 is 17.1 Å². The fourth-order valence-corrected chi connectivity index (χ4v) is 5.25. The molecule has 0 radical (unpaired) electrons. The van der Waals surface area contributed by atoms with E-state index in [9.17, 15) is 18.0 Å². The van der Waals surface area contributed by atoms with Gasteiger partial charge in [0.2, 0.25) is 11.8 Å². The Labute approximate surface area is 274 Å². The van der Waals surface area contributed by atoms with E-state index in [0.717, 1.165) is 30.3 Å². The van der Waals surface area contributed by atoms with Crippen LogP contribution < -0.4 is 9.47 Å². The first-order chi connectivity index (χ1) is 22.7. The fourth-order valence-electron chi connectivity index (χ4n) is 5.25. The molecule has 15 heteroatoms. The van der Waals surface area contributed by atoms with Gasteiger partial charge in [0.25, 0.3) is 0 Å². The van der Waals surface area contributed by atoms with Crippen LogP contribution in [0, 0.1) is 0 Å². The van der Waals surface area contributed by atoms with Gasteiger partial charge in [-0.1, -0.05) is 24.3 Å². The average molecular weight is 665 g/mol. The van der Waals surface area contributed by atoms with E-state index in [-0.39, 0.29) is 30.8 Å². The highest BCUT2D eigenvalue weighted by molar-refractivity contribution is 5.87. The SMILES string of the molecule is COc1ncnc(C2CC2)c1-c1nc(OCc2ccc(-c3nc(C(F)(F)F)cn3C)cc2)c2c(CN(C)C(=O)OC(C)(C)C)c[nH]c2n1. The van der Waals surface area contributed by atoms with Crippen LogP contribution in [0.1, 0.15) is 62.0 Å². The highest BCUT2D eigenvalue weighted by Crippen LogP contribution is 2.45. The summed E-state index contributed by atoms with van der Waals surface area (Å²) in [6, 6.07) is 6.88. The number of hydrogen-bond donors (Lipinski definition) is 1. The number of methoxy groups -OCH3 is 1. The van der Waals surface area contributed by atoms with Gasteiger partial charge in [0.15, 0.2) is 11.5 Å². The molecule has 1 aliphatic rings. The van der Waals surface area contributed by atoms with Crippen LogP contribution in [0.15, 0.2) is 43.0 Å². The maximum absolute atomic E-state index is 13.2. The van der Waals surface area contributed by atoms with E-state index < -0.39 is 23.6 Å². The number of hydrogen-bond acceptors (Lipinski definition) is 9. The van der Waals surface area contributed by atoms with Gasteiger partial charge in [-0.2, -0.15) is 18.2 Å². The zero-order valence-corrected chi connectivity index (χ0v) is 27.3. The Bertz CT molecular complexity index is 1960. The van der Waals surface area contributed by atoms with Crippen molar-refractivity contribution in [3.05, 3.63) is 65.5 Å². The Morgan fingerprint density at radius 1 is 1.06 bits per heavy atom. The second-order valence-electron chi connectivity index (χ2n) is 12.7. The lowest BCUT2D eigenvalue weighted by Crippen LogP contribution is -2.33. The first-order valence-corrected chi connectivity index (χ1v) is 15.3. The minimum atomic E-state index is -4.54. The lowest BCUT2D eigenvalue weighted by atomic mass is 10.1. The van der Waals surface area contributed by atoms with E-state index in [1.54, 1.807) is 58.3 Å². The quantitative estimate of drug-likeness (QED) is 0.184. The smallest absolute Gasteiger partial charge is 0.434 e. The van der Waals surface area contributed by atoms with Crippen LogP contribution in [0.25, 0.3) is 33.8 Å². The summed E-state index contributed by atoms with van der Waals surface area (Å²) in [6.07, 6.45) is 1.09. The molecule has 1 aliphatic carbocycles. The molecule has 1 N–H and O–H groups in total. The zero-order chi connectivity index (χ0) is 34.4. The van der Waals surface area contributed by atoms with Gasteiger partial charge in [0.1, 0.15) is 35.6 Å². The van der Waals surface area contributed by atoms with Crippen LogP contribution in [-0.2, 0) is 31.1 Å². The maximum atomic E-state index is 13.2. The molecule has 12 nitrogen and oxygen atoms in total. The number of rotatable bonds is 9. The van der Waals surface area contributed by atoms with Crippen LogP contribution >= 0.6 is 0 Å². The molecule has 6 rings (SSSR count). The number of ether oxygens (including phenoxy) is 3. The van der Waals surface area contributed by atoms with Crippen LogP contribution in [-0.4, -0.2) is 65.2 Å². The number of nitrogens with zero attached hydrogens (tertiary/aromatic N) is 7. The molecule has 0 saturated heterocycles. The van der Waals surface area contributed by atoms with E-state index in [1.807, 2.05) is 0 Å². The molecule has 0 unspecified atom stereocenters. The first kappa shape index (κ1) is 32.7. The molecule has 1 amide bonds. The van der Waals surface area contributed by atoms with E-state index >= 15 is 0 Å². The van der Waals surface area contributed by atoms with Gasteiger partial charge in [-0.25, -0.2) is 24.7 Å². The molecule has 1 aromatic carbocycles. The third-order valence-corrected chi connectivity index (χ3v) is 7.67. The van der Waals surface area contributed by atoms with Crippen LogP contribution in [0.4, 0.5) is 18.0 Å². The lowest BCUT2D eigenvalue weighted by molar-refractivity contribution is -0.140. The van der Waals surface area contributed by atoms with Gasteiger partial charge in [-0.05, 0) is 39.2 Å². The van der Waals surface area contributed by atoms with Crippen molar-refractivity contribution in [1.29, 1.82) is 0 Å². The standard InChI is InChI=1S/C33H35F3N8O4/c1-32(2,3)48-31(45)44(5)14-21-13-37-26-23(21)30(42-27(41-26)24-25(19-11-12-19)38-17-39-29(24)46-6)47-16-18-7-9-20(10-8-18)28-40-22(15-43(28)4)33(34,35)36/h7-10,13,15,17,19H,11-12,14,16H2,1-6H3,(H,37,41,42). The molecule has 252 valence electrons. The Kier molecular flexibility index (Phi) is 8.47. The first-order valence-electron chi connectivity index (χ1n) is 15.3. The van der Waals surface area contributed by atoms with Gasteiger partial charge in [-0.15, -0.1) is 0 Å². The van der Waals surface area contributed by atoms with Crippen LogP contribution in [0.3, 0.4) is 0 Å². The molecule has 48 heavy (non-hydrogen) atoms. The summed E-state index contributed by atoms with van der Waals surface area (Å²) in [7, 11) is 4.68. The van der Waals surface area contributed by atoms with E-state index in [4.69, 9.17) is 24.2 Å². The van der Waals surface area contributed by atoms with E-state index in [1.165, 1.54) is 30.0 Å². The Morgan fingerprint density at radius 2 is 1.79 bits per heavy atom. The second-order valence-corrected chi connectivity index (χ2v) is 12.7. The molecular weight excluding hydrogens is 629 g/mol. The number of benzene rings is 1. The van der Waals surface area contributed by atoms with Gasteiger partial charge in [0.05, 0.1) is 24.7 Å². The molecule has 0 bridgehead atoms. The summed E-state index contributed by atoms with van der Waals surface area (Å²) in [6.45, 7) is 5.64. The van der Waals surface area contributed by atoms with Crippen molar-refractivity contribution < 1.29 is 32.2 Å². The number of carbonyl (C=O) groups is 1. The average Bonchev–Trinajstić information content (AvgIpc) is 3.69. The monoisotopic (exact) mass is 664 g/mol. The molecule has 1 fully saturated rings. The van der Waals surface area contributed by atoms with Gasteiger partial charge >= 0.3 is 12.3 Å². The molecule has 0 atom stereocenters. The summed E-state index contributed by atoms with van der Waals surface area (Å²) < 4.78 is 58.4. The number of aryl methyl sites for hydroxylation is 1. The predicted molar refractivity (Wildman–Crippen MR) is 169 cm³/mol. The second kappa shape index (κ2) is 12.4. The van der Waals surface area contributed by atoms with Crippen LogP contribution in [0.5, 0.6) is 11.8 Å². The molecule has 4 heterocycles. The maximum Gasteiger partial charge on any atom is 0.434 e. The molecular formula is C33H35F3N8O4. The zero-order valence-electron chi connectivity index (χ0n) is 27.3. The largest absolute Gasteiger partial charge is 0.480 e. The Morgan fingerprint density at radius 3 is 2.42 bits per heavy atom. The number of nitrogens with one attached hydrogen (secondary N) is 1. The number of imidazole rings is 1. The topological polar surface area (TPSA) is 133 Å². The summed E-state index contributed by atoms with van der Waals surface area (Å²) in [4.78, 5) is 39.7. The molecule has 0 aliphatic heterocycles. The summed E-state index contributed by atoms with van der Waals surface area (Å²) in [5.74, 6) is 1.34. The van der Waals surface area contributed by atoms with Crippen molar-refractivity contribution in [1.82, 2.24) is 39.4 Å². The van der Waals surface area contributed by atoms with Crippen molar-refractivity contribution in [2.45, 2.75) is 64.5 Å². The van der Waals surface area contributed by atoms with Crippen molar-refractivity contribution in [2.75, 3.05) is 14.2 Å². The van der Waals surface area contributed by atoms with E-state index in [2.05, 4.69) is 19.9 Å². The number of carbonyl (C=O) groups excluding carboxylic acids is 1. The predicted octanol–water partition coefficient (Wildman–Crippen LogP) is 6.67. The van der Waals surface area contributed by atoms with Crippen molar-refractivity contribution in [2.24, 2.45) is 7.05 Å². The third kappa shape index (κ3) is 6.89. The number of halogens is 3. The Hall–Kier alpha value is -5.21.